The zero-order valence-electron chi connectivity index (χ0n) is 14.2. The Morgan fingerprint density at radius 2 is 2.08 bits per heavy atom. The van der Waals surface area contributed by atoms with Crippen molar-refractivity contribution in [1.82, 2.24) is 10.2 Å². The summed E-state index contributed by atoms with van der Waals surface area (Å²) in [4.78, 5) is 26.3. The monoisotopic (exact) mass is 354 g/mol. The van der Waals surface area contributed by atoms with Gasteiger partial charge in [0.05, 0.1) is 31.1 Å². The summed E-state index contributed by atoms with van der Waals surface area (Å²) in [5, 5.41) is 3.14. The maximum Gasteiger partial charge on any atom is 0.227 e. The van der Waals surface area contributed by atoms with Crippen molar-refractivity contribution in [2.75, 3.05) is 41.0 Å². The van der Waals surface area contributed by atoms with Gasteiger partial charge in [-0.2, -0.15) is 0 Å². The van der Waals surface area contributed by atoms with E-state index in [4.69, 9.17) is 21.1 Å². The third kappa shape index (κ3) is 4.19. The van der Waals surface area contributed by atoms with E-state index in [9.17, 15) is 9.59 Å². The van der Waals surface area contributed by atoms with E-state index in [-0.39, 0.29) is 30.1 Å². The van der Waals surface area contributed by atoms with Gasteiger partial charge in [-0.1, -0.05) is 17.7 Å². The van der Waals surface area contributed by atoms with Crippen LogP contribution >= 0.6 is 11.6 Å². The van der Waals surface area contributed by atoms with Gasteiger partial charge in [-0.3, -0.25) is 9.59 Å². The lowest BCUT2D eigenvalue weighted by Crippen LogP contribution is -2.35. The Hall–Kier alpha value is -1.79. The van der Waals surface area contributed by atoms with Gasteiger partial charge < -0.3 is 19.7 Å². The van der Waals surface area contributed by atoms with E-state index in [1.807, 2.05) is 6.07 Å². The summed E-state index contributed by atoms with van der Waals surface area (Å²) in [6.45, 7) is 1.39. The van der Waals surface area contributed by atoms with Crippen LogP contribution in [0.1, 0.15) is 5.56 Å². The number of benzene rings is 1. The number of nitrogens with one attached hydrogen (secondary N) is 1. The molecular formula is C17H23ClN2O4. The first-order valence-electron chi connectivity index (χ1n) is 7.80. The van der Waals surface area contributed by atoms with Crippen molar-refractivity contribution in [3.63, 3.8) is 0 Å². The van der Waals surface area contributed by atoms with Gasteiger partial charge in [0.2, 0.25) is 11.8 Å². The second-order valence-corrected chi connectivity index (χ2v) is 6.29. The van der Waals surface area contributed by atoms with Crippen molar-refractivity contribution in [2.24, 2.45) is 11.8 Å². The van der Waals surface area contributed by atoms with Gasteiger partial charge >= 0.3 is 0 Å². The topological polar surface area (TPSA) is 67.9 Å². The smallest absolute Gasteiger partial charge is 0.227 e. The summed E-state index contributed by atoms with van der Waals surface area (Å²) in [5.41, 5.74) is 0.817. The van der Waals surface area contributed by atoms with Crippen LogP contribution in [-0.2, 0) is 20.7 Å². The quantitative estimate of drug-likeness (QED) is 0.837. The Kier molecular flexibility index (Phi) is 6.45. The molecule has 1 saturated heterocycles. The summed E-state index contributed by atoms with van der Waals surface area (Å²) in [6, 6.07) is 5.30. The van der Waals surface area contributed by atoms with Gasteiger partial charge in [-0.05, 0) is 17.7 Å². The molecule has 2 unspecified atom stereocenters. The van der Waals surface area contributed by atoms with E-state index in [0.29, 0.717) is 30.5 Å². The second kappa shape index (κ2) is 8.35. The first kappa shape index (κ1) is 18.5. The summed E-state index contributed by atoms with van der Waals surface area (Å²) in [6.07, 6.45) is 0.240. The molecule has 2 amide bonds. The van der Waals surface area contributed by atoms with Crippen molar-refractivity contribution in [3.8, 4) is 5.75 Å². The Morgan fingerprint density at radius 3 is 2.67 bits per heavy atom. The van der Waals surface area contributed by atoms with E-state index in [0.717, 1.165) is 5.56 Å². The fourth-order valence-corrected chi connectivity index (χ4v) is 3.33. The van der Waals surface area contributed by atoms with E-state index in [1.165, 1.54) is 0 Å². The number of amides is 2. The number of halogens is 1. The molecule has 0 spiro atoms. The van der Waals surface area contributed by atoms with Gasteiger partial charge in [0.25, 0.3) is 0 Å². The number of rotatable bonds is 6. The molecule has 132 valence electrons. The molecule has 1 fully saturated rings. The van der Waals surface area contributed by atoms with Gasteiger partial charge in [-0.25, -0.2) is 0 Å². The third-order valence-electron chi connectivity index (χ3n) is 4.33. The lowest BCUT2D eigenvalue weighted by atomic mass is 9.96. The highest BCUT2D eigenvalue weighted by atomic mass is 35.5. The Labute approximate surface area is 147 Å². The van der Waals surface area contributed by atoms with Gasteiger partial charge in [0.1, 0.15) is 5.75 Å². The molecule has 1 heterocycles. The van der Waals surface area contributed by atoms with E-state index < -0.39 is 0 Å². The number of carbonyl (C=O) groups excluding carboxylic acids is 2. The zero-order chi connectivity index (χ0) is 17.7. The Morgan fingerprint density at radius 1 is 1.33 bits per heavy atom. The SMILES string of the molecule is CNC(=O)C1CN(C(=O)Cc2ccc(OC)c(Cl)c2)CC1COC. The second-order valence-electron chi connectivity index (χ2n) is 5.88. The largest absolute Gasteiger partial charge is 0.495 e. The average molecular weight is 355 g/mol. The molecule has 1 aromatic rings. The van der Waals surface area contributed by atoms with Crippen LogP contribution in [0.3, 0.4) is 0 Å². The van der Waals surface area contributed by atoms with E-state index >= 15 is 0 Å². The van der Waals surface area contributed by atoms with Gasteiger partial charge in [0.15, 0.2) is 0 Å². The lowest BCUT2D eigenvalue weighted by Gasteiger charge is -2.16. The normalized spacial score (nSPS) is 20.1. The molecule has 0 aromatic heterocycles. The molecular weight excluding hydrogens is 332 g/mol. The molecule has 0 aliphatic carbocycles. The van der Waals surface area contributed by atoms with Crippen LogP contribution in [0, 0.1) is 11.8 Å². The fourth-order valence-electron chi connectivity index (χ4n) is 3.05. The van der Waals surface area contributed by atoms with Crippen LogP contribution < -0.4 is 10.1 Å². The number of nitrogens with zero attached hydrogens (tertiary/aromatic N) is 1. The number of ether oxygens (including phenoxy) is 2. The minimum atomic E-state index is -0.238. The van der Waals surface area contributed by atoms with Crippen molar-refractivity contribution in [2.45, 2.75) is 6.42 Å². The Bertz CT molecular complexity index is 608. The highest BCUT2D eigenvalue weighted by Crippen LogP contribution is 2.27. The third-order valence-corrected chi connectivity index (χ3v) is 4.62. The van der Waals surface area contributed by atoms with Crippen LogP contribution in [0.4, 0.5) is 0 Å². The van der Waals surface area contributed by atoms with Crippen molar-refractivity contribution < 1.29 is 19.1 Å². The highest BCUT2D eigenvalue weighted by molar-refractivity contribution is 6.32. The summed E-state index contributed by atoms with van der Waals surface area (Å²) >= 11 is 6.10. The summed E-state index contributed by atoms with van der Waals surface area (Å²) < 4.78 is 10.3. The lowest BCUT2D eigenvalue weighted by molar-refractivity contribution is -0.130. The maximum absolute atomic E-state index is 12.6. The number of likely N-dealkylation sites (tertiary alicyclic amines) is 1. The zero-order valence-corrected chi connectivity index (χ0v) is 14.9. The molecule has 2 rings (SSSR count). The van der Waals surface area contributed by atoms with Gasteiger partial charge in [-0.15, -0.1) is 0 Å². The van der Waals surface area contributed by atoms with Crippen LogP contribution in [0.25, 0.3) is 0 Å². The Balaban J connectivity index is 2.04. The molecule has 6 nitrogen and oxygen atoms in total. The summed E-state index contributed by atoms with van der Waals surface area (Å²) in [5.74, 6) is 0.272. The van der Waals surface area contributed by atoms with Crippen molar-refractivity contribution in [3.05, 3.63) is 28.8 Å². The van der Waals surface area contributed by atoms with Crippen LogP contribution in [0.5, 0.6) is 5.75 Å². The first-order chi connectivity index (χ1) is 11.5. The van der Waals surface area contributed by atoms with Crippen molar-refractivity contribution in [1.29, 1.82) is 0 Å². The summed E-state index contributed by atoms with van der Waals surface area (Å²) in [7, 11) is 4.76. The van der Waals surface area contributed by atoms with E-state index in [2.05, 4.69) is 5.32 Å². The minimum absolute atomic E-state index is 0.0124. The molecule has 1 aliphatic rings. The minimum Gasteiger partial charge on any atom is -0.495 e. The predicted molar refractivity (Wildman–Crippen MR) is 91.2 cm³/mol. The predicted octanol–water partition coefficient (Wildman–Crippen LogP) is 1.36. The maximum atomic E-state index is 12.6. The average Bonchev–Trinajstić information content (AvgIpc) is 2.99. The molecule has 24 heavy (non-hydrogen) atoms. The molecule has 1 N–H and O–H groups in total. The molecule has 0 radical (unpaired) electrons. The van der Waals surface area contributed by atoms with Crippen LogP contribution in [0.2, 0.25) is 5.02 Å². The first-order valence-corrected chi connectivity index (χ1v) is 8.18. The molecule has 1 aliphatic heterocycles. The highest BCUT2D eigenvalue weighted by Gasteiger charge is 2.38. The number of hydrogen-bond donors (Lipinski definition) is 1. The van der Waals surface area contributed by atoms with E-state index in [1.54, 1.807) is 38.3 Å². The standard InChI is InChI=1S/C17H23ClN2O4/c1-19-17(22)13-9-20(8-12(13)10-23-2)16(21)7-11-4-5-15(24-3)14(18)6-11/h4-6,12-13H,7-10H2,1-3H3,(H,19,22). The fraction of sp³-hybridized carbons (Fsp3) is 0.529. The molecule has 0 bridgehead atoms. The number of carbonyl (C=O) groups is 2. The molecule has 2 atom stereocenters. The molecule has 7 heteroatoms. The van der Waals surface area contributed by atoms with Crippen LogP contribution in [-0.4, -0.2) is 57.7 Å². The molecule has 1 aromatic carbocycles. The van der Waals surface area contributed by atoms with Crippen molar-refractivity contribution >= 4 is 23.4 Å². The van der Waals surface area contributed by atoms with Gasteiger partial charge in [0, 0.05) is 33.2 Å². The van der Waals surface area contributed by atoms with Crippen LogP contribution in [0.15, 0.2) is 18.2 Å². The number of methoxy groups -OCH3 is 2. The number of hydrogen-bond acceptors (Lipinski definition) is 4. The molecule has 0 saturated carbocycles.